The Morgan fingerprint density at radius 3 is 2.27 bits per heavy atom. The topological polar surface area (TPSA) is 50.5 Å². The minimum Gasteiger partial charge on any atom is -0.384 e. The van der Waals surface area contributed by atoms with Gasteiger partial charge >= 0.3 is 0 Å². The molecule has 1 aliphatic heterocycles. The highest BCUT2D eigenvalue weighted by atomic mass is 35.5. The van der Waals surface area contributed by atoms with Gasteiger partial charge in [0, 0.05) is 36.2 Å². The molecule has 0 radical (unpaired) electrons. The molecule has 33 heavy (non-hydrogen) atoms. The van der Waals surface area contributed by atoms with Crippen molar-refractivity contribution < 1.29 is 5.11 Å². The Hall–Kier alpha value is -2.26. The maximum Gasteiger partial charge on any atom is 0.0994 e. The highest BCUT2D eigenvalue weighted by Crippen LogP contribution is 2.37. The monoisotopic (exact) mass is 499 g/mol. The van der Waals surface area contributed by atoms with E-state index in [1.165, 1.54) is 0 Å². The minimum atomic E-state index is -1.06. The van der Waals surface area contributed by atoms with Gasteiger partial charge in [-0.25, -0.2) is 0 Å². The first-order valence-electron chi connectivity index (χ1n) is 10.7. The van der Waals surface area contributed by atoms with Gasteiger partial charge in [0.05, 0.1) is 34.0 Å². The van der Waals surface area contributed by atoms with Crippen molar-refractivity contribution in [2.45, 2.75) is 18.6 Å². The zero-order valence-electron chi connectivity index (χ0n) is 18.2. The molecule has 4 rings (SSSR count). The summed E-state index contributed by atoms with van der Waals surface area (Å²) in [6.07, 6.45) is 0. The first-order chi connectivity index (χ1) is 15.8. The average Bonchev–Trinajstić information content (AvgIpc) is 2.80. The first kappa shape index (κ1) is 23.9. The second-order valence-electron chi connectivity index (χ2n) is 8.55. The van der Waals surface area contributed by atoms with Gasteiger partial charge in [0.2, 0.25) is 0 Å². The van der Waals surface area contributed by atoms with Crippen LogP contribution in [0.1, 0.15) is 29.7 Å². The number of piperazine rings is 1. The summed E-state index contributed by atoms with van der Waals surface area (Å²) in [6.45, 7) is 4.47. The highest BCUT2D eigenvalue weighted by Gasteiger charge is 2.34. The largest absolute Gasteiger partial charge is 0.384 e. The van der Waals surface area contributed by atoms with Crippen LogP contribution in [0.4, 0.5) is 5.69 Å². The number of β-amino-alcohol motifs (C(OH)–C–C–N with tert-alkyl or cyclic N) is 1. The number of anilines is 1. The fourth-order valence-electron chi connectivity index (χ4n) is 4.39. The first-order valence-corrected chi connectivity index (χ1v) is 11.8. The molecular formula is C26H24Cl3N3O. The molecule has 0 unspecified atom stereocenters. The van der Waals surface area contributed by atoms with E-state index in [1.807, 2.05) is 55.5 Å². The second-order valence-corrected chi connectivity index (χ2v) is 9.83. The molecule has 2 atom stereocenters. The molecule has 0 saturated carbocycles. The van der Waals surface area contributed by atoms with Crippen molar-refractivity contribution in [2.75, 3.05) is 31.1 Å². The van der Waals surface area contributed by atoms with E-state index in [4.69, 9.17) is 40.1 Å². The maximum absolute atomic E-state index is 11.3. The maximum atomic E-state index is 11.3. The number of hydrogen-bond donors (Lipinski definition) is 1. The summed E-state index contributed by atoms with van der Waals surface area (Å²) in [6, 6.07) is 22.7. The third kappa shape index (κ3) is 5.46. The summed E-state index contributed by atoms with van der Waals surface area (Å²) in [5.74, 6) is 0. The number of hydrogen-bond acceptors (Lipinski definition) is 4. The van der Waals surface area contributed by atoms with E-state index in [9.17, 15) is 5.11 Å². The molecule has 0 spiro atoms. The third-order valence-corrected chi connectivity index (χ3v) is 6.90. The molecule has 1 saturated heterocycles. The summed E-state index contributed by atoms with van der Waals surface area (Å²) in [5, 5.41) is 22.2. The van der Waals surface area contributed by atoms with Crippen molar-refractivity contribution >= 4 is 40.5 Å². The Kier molecular flexibility index (Phi) is 7.19. The highest BCUT2D eigenvalue weighted by molar-refractivity contribution is 6.36. The molecule has 1 N–H and O–H groups in total. The van der Waals surface area contributed by atoms with E-state index >= 15 is 0 Å². The number of halogens is 3. The van der Waals surface area contributed by atoms with E-state index in [0.717, 1.165) is 29.9 Å². The molecule has 0 amide bonds. The Morgan fingerprint density at radius 2 is 1.64 bits per heavy atom. The molecule has 3 aromatic carbocycles. The molecule has 0 aromatic heterocycles. The number of benzene rings is 3. The van der Waals surface area contributed by atoms with Gasteiger partial charge in [0.25, 0.3) is 0 Å². The van der Waals surface area contributed by atoms with Crippen molar-refractivity contribution in [3.63, 3.8) is 0 Å². The summed E-state index contributed by atoms with van der Waals surface area (Å²) >= 11 is 18.8. The Morgan fingerprint density at radius 1 is 0.970 bits per heavy atom. The average molecular weight is 501 g/mol. The zero-order chi connectivity index (χ0) is 23.6. The van der Waals surface area contributed by atoms with Crippen LogP contribution >= 0.6 is 34.8 Å². The molecule has 1 heterocycles. The molecule has 1 aliphatic rings. The van der Waals surface area contributed by atoms with Crippen molar-refractivity contribution in [1.82, 2.24) is 4.90 Å². The van der Waals surface area contributed by atoms with Crippen molar-refractivity contribution in [3.8, 4) is 6.07 Å². The van der Waals surface area contributed by atoms with Crippen molar-refractivity contribution in [1.29, 1.82) is 5.26 Å². The fourth-order valence-corrected chi connectivity index (χ4v) is 5.03. The lowest BCUT2D eigenvalue weighted by Crippen LogP contribution is -2.52. The van der Waals surface area contributed by atoms with Gasteiger partial charge in [-0.05, 0) is 60.5 Å². The molecule has 1 fully saturated rings. The van der Waals surface area contributed by atoms with Gasteiger partial charge in [-0.2, -0.15) is 5.26 Å². The summed E-state index contributed by atoms with van der Waals surface area (Å²) in [5.41, 5.74) is 2.35. The van der Waals surface area contributed by atoms with Crippen LogP contribution < -0.4 is 4.90 Å². The molecule has 0 aliphatic carbocycles. The number of aliphatic hydroxyl groups is 1. The lowest BCUT2D eigenvalue weighted by atomic mass is 9.93. The van der Waals surface area contributed by atoms with Gasteiger partial charge in [0.15, 0.2) is 0 Å². The van der Waals surface area contributed by atoms with Gasteiger partial charge in [-0.3, -0.25) is 4.90 Å². The lowest BCUT2D eigenvalue weighted by molar-refractivity contribution is 0.0103. The van der Waals surface area contributed by atoms with E-state index in [0.29, 0.717) is 33.7 Å². The van der Waals surface area contributed by atoms with Gasteiger partial charge in [0.1, 0.15) is 0 Å². The predicted octanol–water partition coefficient (Wildman–Crippen LogP) is 6.29. The zero-order valence-corrected chi connectivity index (χ0v) is 20.4. The Labute approximate surface area is 209 Å². The van der Waals surface area contributed by atoms with Gasteiger partial charge < -0.3 is 10.0 Å². The third-order valence-electron chi connectivity index (χ3n) is 6.11. The van der Waals surface area contributed by atoms with Crippen LogP contribution in [0.15, 0.2) is 66.7 Å². The standard InChI is InChI=1S/C26H24Cl3N3O/c1-26(33,20-6-2-18(15-30)3-7-20)17-31-12-13-32(24-11-10-22(28)14-23(24)29)25(16-31)19-4-8-21(27)9-5-19/h2-11,14,25,33H,12-13,16-17H2,1H3/t25-,26-/m0/s1. The van der Waals surface area contributed by atoms with Crippen LogP contribution in [0.25, 0.3) is 0 Å². The van der Waals surface area contributed by atoms with Crippen LogP contribution in [0.5, 0.6) is 0 Å². The second kappa shape index (κ2) is 9.93. The fraction of sp³-hybridized carbons (Fsp3) is 0.269. The van der Waals surface area contributed by atoms with E-state index < -0.39 is 5.60 Å². The van der Waals surface area contributed by atoms with Crippen LogP contribution in [0.2, 0.25) is 15.1 Å². The molecule has 170 valence electrons. The molecule has 4 nitrogen and oxygen atoms in total. The normalized spacial score (nSPS) is 18.5. The summed E-state index contributed by atoms with van der Waals surface area (Å²) in [7, 11) is 0. The molecular weight excluding hydrogens is 477 g/mol. The van der Waals surface area contributed by atoms with Crippen molar-refractivity contribution in [3.05, 3.63) is 98.5 Å². The molecule has 0 bridgehead atoms. The van der Waals surface area contributed by atoms with Crippen LogP contribution in [0, 0.1) is 11.3 Å². The Bertz CT molecular complexity index is 1160. The minimum absolute atomic E-state index is 0.0199. The molecule has 3 aromatic rings. The van der Waals surface area contributed by atoms with E-state index in [-0.39, 0.29) is 6.04 Å². The van der Waals surface area contributed by atoms with Crippen LogP contribution in [-0.4, -0.2) is 36.2 Å². The number of nitriles is 1. The summed E-state index contributed by atoms with van der Waals surface area (Å²) < 4.78 is 0. The van der Waals surface area contributed by atoms with E-state index in [2.05, 4.69) is 15.9 Å². The SMILES string of the molecule is C[C@](O)(CN1CCN(c2ccc(Cl)cc2Cl)[C@H](c2ccc(Cl)cc2)C1)c1ccc(C#N)cc1. The van der Waals surface area contributed by atoms with Crippen LogP contribution in [-0.2, 0) is 5.60 Å². The lowest BCUT2D eigenvalue weighted by Gasteiger charge is -2.45. The summed E-state index contributed by atoms with van der Waals surface area (Å²) in [4.78, 5) is 4.55. The number of nitrogens with zero attached hydrogens (tertiary/aromatic N) is 3. The van der Waals surface area contributed by atoms with Crippen molar-refractivity contribution in [2.24, 2.45) is 0 Å². The smallest absolute Gasteiger partial charge is 0.0994 e. The van der Waals surface area contributed by atoms with Gasteiger partial charge in [-0.15, -0.1) is 0 Å². The van der Waals surface area contributed by atoms with Gasteiger partial charge in [-0.1, -0.05) is 59.1 Å². The predicted molar refractivity (Wildman–Crippen MR) is 135 cm³/mol. The van der Waals surface area contributed by atoms with Crippen LogP contribution in [0.3, 0.4) is 0 Å². The quantitative estimate of drug-likeness (QED) is 0.447. The number of rotatable bonds is 5. The Balaban J connectivity index is 1.60. The van der Waals surface area contributed by atoms with E-state index in [1.54, 1.807) is 18.2 Å². The molecule has 7 heteroatoms.